The number of hydrogen-bond donors (Lipinski definition) is 1. The molecule has 0 fully saturated rings. The number of imide groups is 1. The van der Waals surface area contributed by atoms with Crippen LogP contribution < -0.4 is 14.4 Å². The zero-order valence-electron chi connectivity index (χ0n) is 18.1. The maximum Gasteiger partial charge on any atom is 0.282 e. The lowest BCUT2D eigenvalue weighted by Gasteiger charge is -2.20. The predicted octanol–water partition coefficient (Wildman–Crippen LogP) is 3.08. The van der Waals surface area contributed by atoms with Crippen LogP contribution in [0.4, 0.5) is 5.69 Å². The van der Waals surface area contributed by atoms with E-state index in [-0.39, 0.29) is 18.8 Å². The van der Waals surface area contributed by atoms with E-state index >= 15 is 0 Å². The van der Waals surface area contributed by atoms with Crippen LogP contribution in [-0.2, 0) is 9.59 Å². The Balaban J connectivity index is 2.02. The number of ether oxygens (including phenoxy) is 2. The Bertz CT molecular complexity index is 968. The van der Waals surface area contributed by atoms with Crippen molar-refractivity contribution in [1.82, 2.24) is 4.90 Å². The van der Waals surface area contributed by atoms with Crippen molar-refractivity contribution in [2.75, 3.05) is 38.3 Å². The first kappa shape index (κ1) is 22.4. The molecule has 0 spiro atoms. The maximum absolute atomic E-state index is 13.4. The molecule has 0 unspecified atom stereocenters. The van der Waals surface area contributed by atoms with Crippen LogP contribution in [0.15, 0.2) is 54.2 Å². The van der Waals surface area contributed by atoms with E-state index < -0.39 is 11.8 Å². The molecule has 0 atom stereocenters. The molecule has 1 N–H and O–H groups in total. The molecule has 7 heteroatoms. The topological polar surface area (TPSA) is 79.3 Å². The summed E-state index contributed by atoms with van der Waals surface area (Å²) < 4.78 is 11.2. The summed E-state index contributed by atoms with van der Waals surface area (Å²) in [6.45, 7) is 5.06. The van der Waals surface area contributed by atoms with Gasteiger partial charge in [-0.1, -0.05) is 25.1 Å². The summed E-state index contributed by atoms with van der Waals surface area (Å²) >= 11 is 0. The van der Waals surface area contributed by atoms with Crippen molar-refractivity contribution in [2.24, 2.45) is 0 Å². The summed E-state index contributed by atoms with van der Waals surface area (Å²) in [7, 11) is 1.69. The Hall–Kier alpha value is -3.32. The fourth-order valence-electron chi connectivity index (χ4n) is 3.45. The lowest BCUT2D eigenvalue weighted by molar-refractivity contribution is -0.120. The van der Waals surface area contributed by atoms with E-state index in [1.165, 1.54) is 0 Å². The summed E-state index contributed by atoms with van der Waals surface area (Å²) in [6.07, 6.45) is 0.895. The highest BCUT2D eigenvalue weighted by Crippen LogP contribution is 2.35. The van der Waals surface area contributed by atoms with Crippen LogP contribution in [0.2, 0.25) is 0 Å². The van der Waals surface area contributed by atoms with E-state index in [0.29, 0.717) is 41.5 Å². The number of aliphatic hydroxyl groups is 1. The molecule has 2 amide bonds. The second kappa shape index (κ2) is 10.1. The third kappa shape index (κ3) is 4.72. The van der Waals surface area contributed by atoms with E-state index in [2.05, 4.69) is 0 Å². The summed E-state index contributed by atoms with van der Waals surface area (Å²) in [4.78, 5) is 29.6. The molecule has 0 saturated heterocycles. The molecule has 3 rings (SSSR count). The average Bonchev–Trinajstić information content (AvgIpc) is 3.03. The van der Waals surface area contributed by atoms with Gasteiger partial charge in [0.15, 0.2) is 0 Å². The lowest BCUT2D eigenvalue weighted by Crippen LogP contribution is -2.34. The van der Waals surface area contributed by atoms with Crippen LogP contribution in [0.3, 0.4) is 0 Å². The van der Waals surface area contributed by atoms with Crippen LogP contribution in [0, 0.1) is 0 Å². The molecule has 0 aliphatic carbocycles. The number of hydrogen-bond acceptors (Lipinski definition) is 6. The zero-order chi connectivity index (χ0) is 22.4. The molecule has 1 heterocycles. The molecule has 164 valence electrons. The first-order valence-corrected chi connectivity index (χ1v) is 10.4. The van der Waals surface area contributed by atoms with Crippen LogP contribution >= 0.6 is 0 Å². The lowest BCUT2D eigenvalue weighted by atomic mass is 10.0. The van der Waals surface area contributed by atoms with Gasteiger partial charge in [-0.25, -0.2) is 4.90 Å². The number of anilines is 1. The van der Waals surface area contributed by atoms with E-state index in [4.69, 9.17) is 9.47 Å². The van der Waals surface area contributed by atoms with E-state index in [0.717, 1.165) is 11.3 Å². The minimum atomic E-state index is -0.434. The van der Waals surface area contributed by atoms with Crippen LogP contribution in [0.1, 0.15) is 25.8 Å². The largest absolute Gasteiger partial charge is 0.494 e. The van der Waals surface area contributed by atoms with E-state index in [1.807, 2.05) is 13.8 Å². The Morgan fingerprint density at radius 2 is 1.71 bits per heavy atom. The van der Waals surface area contributed by atoms with Gasteiger partial charge in [0.2, 0.25) is 0 Å². The molecule has 2 aromatic carbocycles. The predicted molar refractivity (Wildman–Crippen MR) is 119 cm³/mol. The summed E-state index contributed by atoms with van der Waals surface area (Å²) in [5.41, 5.74) is 1.60. The van der Waals surface area contributed by atoms with Gasteiger partial charge in [-0.2, -0.15) is 0 Å². The van der Waals surface area contributed by atoms with Gasteiger partial charge in [0.05, 0.1) is 31.1 Å². The monoisotopic (exact) mass is 424 g/mol. The van der Waals surface area contributed by atoms with Gasteiger partial charge < -0.3 is 19.5 Å². The van der Waals surface area contributed by atoms with Crippen molar-refractivity contribution in [1.29, 1.82) is 0 Å². The molecule has 7 nitrogen and oxygen atoms in total. The number of amides is 2. The number of aliphatic hydroxyl groups excluding tert-OH is 1. The second-order valence-electron chi connectivity index (χ2n) is 7.12. The smallest absolute Gasteiger partial charge is 0.282 e. The Kier molecular flexibility index (Phi) is 7.31. The van der Waals surface area contributed by atoms with Gasteiger partial charge in [-0.3, -0.25) is 9.59 Å². The number of rotatable bonds is 10. The molecule has 2 aromatic rings. The summed E-state index contributed by atoms with van der Waals surface area (Å²) in [5, 5.41) is 9.40. The van der Waals surface area contributed by atoms with Crippen molar-refractivity contribution in [3.05, 3.63) is 59.8 Å². The fourth-order valence-corrected chi connectivity index (χ4v) is 3.45. The molecule has 0 radical (unpaired) electrons. The molecule has 0 aromatic heterocycles. The highest BCUT2D eigenvalue weighted by Gasteiger charge is 2.41. The zero-order valence-corrected chi connectivity index (χ0v) is 18.1. The number of benzene rings is 2. The summed E-state index contributed by atoms with van der Waals surface area (Å²) in [6, 6.07) is 14.0. The van der Waals surface area contributed by atoms with Gasteiger partial charge >= 0.3 is 0 Å². The van der Waals surface area contributed by atoms with Crippen molar-refractivity contribution < 1.29 is 24.2 Å². The Morgan fingerprint density at radius 3 is 2.35 bits per heavy atom. The van der Waals surface area contributed by atoms with Crippen molar-refractivity contribution in [3.8, 4) is 11.5 Å². The normalized spacial score (nSPS) is 13.7. The van der Waals surface area contributed by atoms with Crippen LogP contribution in [0.25, 0.3) is 5.57 Å². The van der Waals surface area contributed by atoms with Crippen LogP contribution in [0.5, 0.6) is 11.5 Å². The third-order valence-electron chi connectivity index (χ3n) is 4.88. The van der Waals surface area contributed by atoms with Gasteiger partial charge in [0, 0.05) is 19.7 Å². The van der Waals surface area contributed by atoms with Gasteiger partial charge in [0.1, 0.15) is 17.2 Å². The highest BCUT2D eigenvalue weighted by atomic mass is 16.5. The first-order chi connectivity index (χ1) is 15.0. The number of nitrogens with zero attached hydrogens (tertiary/aromatic N) is 2. The maximum atomic E-state index is 13.4. The molecular weight excluding hydrogens is 396 g/mol. The van der Waals surface area contributed by atoms with Gasteiger partial charge in [0.25, 0.3) is 11.8 Å². The average molecular weight is 424 g/mol. The first-order valence-electron chi connectivity index (χ1n) is 10.4. The quantitative estimate of drug-likeness (QED) is 0.591. The number of carbonyl (C=O) groups is 2. The molecule has 1 aliphatic heterocycles. The van der Waals surface area contributed by atoms with E-state index in [1.54, 1.807) is 60.5 Å². The van der Waals surface area contributed by atoms with Gasteiger partial charge in [-0.05, 0) is 43.2 Å². The Labute approximate surface area is 182 Å². The molecule has 0 bridgehead atoms. The van der Waals surface area contributed by atoms with Crippen molar-refractivity contribution in [3.63, 3.8) is 0 Å². The molecule has 1 aliphatic rings. The number of carbonyl (C=O) groups excluding carboxylic acids is 2. The van der Waals surface area contributed by atoms with Gasteiger partial charge in [-0.15, -0.1) is 0 Å². The minimum Gasteiger partial charge on any atom is -0.494 e. The van der Waals surface area contributed by atoms with Crippen LogP contribution in [-0.4, -0.2) is 55.2 Å². The summed E-state index contributed by atoms with van der Waals surface area (Å²) in [5.74, 6) is 0.433. The minimum absolute atomic E-state index is 0.141. The third-order valence-corrected chi connectivity index (χ3v) is 4.88. The SMILES string of the molecule is CCCOc1ccc(C2=C(N(C)CCO)C(=O)N(c3cccc(OCC)c3)C2=O)cc1. The van der Waals surface area contributed by atoms with E-state index in [9.17, 15) is 14.7 Å². The molecule has 0 saturated carbocycles. The molecule has 31 heavy (non-hydrogen) atoms. The fraction of sp³-hybridized carbons (Fsp3) is 0.333. The standard InChI is InChI=1S/C24H28N2O5/c1-4-15-31-19-11-9-17(10-12-19)21-22(25(3)13-14-27)24(29)26(23(21)28)18-7-6-8-20(16-18)30-5-2/h6-12,16,27H,4-5,13-15H2,1-3H3. The Morgan fingerprint density at radius 1 is 0.968 bits per heavy atom. The second-order valence-corrected chi connectivity index (χ2v) is 7.12. The van der Waals surface area contributed by atoms with Crippen molar-refractivity contribution >= 4 is 23.1 Å². The highest BCUT2D eigenvalue weighted by molar-refractivity contribution is 6.45. The van der Waals surface area contributed by atoms with Crippen molar-refractivity contribution in [2.45, 2.75) is 20.3 Å². The molecular formula is C24H28N2O5. The number of likely N-dealkylation sites (N-methyl/N-ethyl adjacent to an activating group) is 1.